The summed E-state index contributed by atoms with van der Waals surface area (Å²) in [6.07, 6.45) is 5.83. The standard InChI is InChI=1S/C10H20NOP/c1-6-7-8-12-13-11(9(2)3)10(4)5/h1,9-10,13H,7-8H2,2-5H3. The molecule has 0 amide bonds. The predicted octanol–water partition coefficient (Wildman–Crippen LogP) is 2.65. The summed E-state index contributed by atoms with van der Waals surface area (Å²) in [6, 6.07) is 1.06. The van der Waals surface area contributed by atoms with E-state index in [4.69, 9.17) is 10.9 Å². The molecule has 0 radical (unpaired) electrons. The van der Waals surface area contributed by atoms with Crippen molar-refractivity contribution in [1.82, 2.24) is 4.67 Å². The Morgan fingerprint density at radius 1 is 1.31 bits per heavy atom. The van der Waals surface area contributed by atoms with Crippen molar-refractivity contribution in [2.75, 3.05) is 6.61 Å². The van der Waals surface area contributed by atoms with Gasteiger partial charge in [0.25, 0.3) is 0 Å². The molecule has 0 saturated heterocycles. The van der Waals surface area contributed by atoms with Gasteiger partial charge in [0, 0.05) is 18.5 Å². The first-order valence-electron chi connectivity index (χ1n) is 4.68. The Kier molecular flexibility index (Phi) is 7.28. The molecular formula is C10H20NOP. The first kappa shape index (κ1) is 12.9. The van der Waals surface area contributed by atoms with Gasteiger partial charge in [-0.1, -0.05) is 0 Å². The fraction of sp³-hybridized carbons (Fsp3) is 0.800. The molecule has 0 aromatic rings. The molecule has 0 spiro atoms. The van der Waals surface area contributed by atoms with E-state index in [0.717, 1.165) is 0 Å². The third kappa shape index (κ3) is 6.05. The first-order valence-corrected chi connectivity index (χ1v) is 5.54. The third-order valence-corrected chi connectivity index (χ3v) is 3.21. The van der Waals surface area contributed by atoms with Gasteiger partial charge < -0.3 is 4.52 Å². The second-order valence-electron chi connectivity index (χ2n) is 3.49. The van der Waals surface area contributed by atoms with E-state index in [0.29, 0.717) is 34.1 Å². The smallest absolute Gasteiger partial charge is 0.0894 e. The van der Waals surface area contributed by atoms with E-state index >= 15 is 0 Å². The van der Waals surface area contributed by atoms with Crippen molar-refractivity contribution < 1.29 is 4.52 Å². The zero-order valence-electron chi connectivity index (χ0n) is 9.00. The molecule has 0 aliphatic rings. The predicted molar refractivity (Wildman–Crippen MR) is 59.8 cm³/mol. The molecule has 0 rings (SSSR count). The van der Waals surface area contributed by atoms with Gasteiger partial charge in [-0.25, -0.2) is 0 Å². The Morgan fingerprint density at radius 2 is 1.85 bits per heavy atom. The lowest BCUT2D eigenvalue weighted by atomic mass is 10.3. The molecular weight excluding hydrogens is 181 g/mol. The van der Waals surface area contributed by atoms with Crippen LogP contribution in [0.3, 0.4) is 0 Å². The summed E-state index contributed by atoms with van der Waals surface area (Å²) in [4.78, 5) is 0. The molecule has 0 fully saturated rings. The van der Waals surface area contributed by atoms with Crippen LogP contribution in [0.25, 0.3) is 0 Å². The van der Waals surface area contributed by atoms with Gasteiger partial charge in [0.1, 0.15) is 0 Å². The summed E-state index contributed by atoms with van der Waals surface area (Å²) < 4.78 is 7.79. The number of hydrogen-bond donors (Lipinski definition) is 0. The first-order chi connectivity index (χ1) is 6.09. The van der Waals surface area contributed by atoms with Gasteiger partial charge in [0.2, 0.25) is 0 Å². The summed E-state index contributed by atoms with van der Waals surface area (Å²) >= 11 is 0. The van der Waals surface area contributed by atoms with E-state index in [1.54, 1.807) is 0 Å². The van der Waals surface area contributed by atoms with Crippen LogP contribution in [0, 0.1) is 12.3 Å². The maximum absolute atomic E-state index is 5.47. The quantitative estimate of drug-likeness (QED) is 0.372. The SMILES string of the molecule is C#CCCOPN(C(C)C)C(C)C. The van der Waals surface area contributed by atoms with Crippen molar-refractivity contribution in [3.8, 4) is 12.3 Å². The van der Waals surface area contributed by atoms with Gasteiger partial charge in [-0.2, -0.15) is 0 Å². The normalized spacial score (nSPS) is 12.2. The fourth-order valence-corrected chi connectivity index (χ4v) is 1.80. The summed E-state index contributed by atoms with van der Waals surface area (Å²) in [7, 11) is 0.432. The average Bonchev–Trinajstić information content (AvgIpc) is 2.02. The Balaban J connectivity index is 3.65. The highest BCUT2D eigenvalue weighted by Crippen LogP contribution is 2.25. The van der Waals surface area contributed by atoms with Crippen molar-refractivity contribution in [3.05, 3.63) is 0 Å². The van der Waals surface area contributed by atoms with Crippen LogP contribution in [-0.2, 0) is 4.52 Å². The molecule has 0 bridgehead atoms. The number of terminal acetylenes is 1. The second kappa shape index (κ2) is 7.33. The zero-order valence-corrected chi connectivity index (χ0v) is 10.0. The lowest BCUT2D eigenvalue weighted by Gasteiger charge is -2.29. The van der Waals surface area contributed by atoms with Crippen molar-refractivity contribution >= 4 is 8.96 Å². The Bertz CT molecular complexity index is 155. The van der Waals surface area contributed by atoms with Gasteiger partial charge in [-0.15, -0.1) is 12.3 Å². The lowest BCUT2D eigenvalue weighted by Crippen LogP contribution is -2.29. The lowest BCUT2D eigenvalue weighted by molar-refractivity contribution is 0.270. The Labute approximate surface area is 84.0 Å². The van der Waals surface area contributed by atoms with Crippen LogP contribution < -0.4 is 0 Å². The molecule has 3 heteroatoms. The summed E-state index contributed by atoms with van der Waals surface area (Å²) in [5.74, 6) is 2.56. The van der Waals surface area contributed by atoms with Gasteiger partial charge in [-0.3, -0.25) is 4.67 Å². The van der Waals surface area contributed by atoms with Gasteiger partial charge >= 0.3 is 0 Å². The molecule has 0 saturated carbocycles. The minimum Gasteiger partial charge on any atom is -0.345 e. The van der Waals surface area contributed by atoms with Crippen molar-refractivity contribution in [3.63, 3.8) is 0 Å². The average molecular weight is 201 g/mol. The fourth-order valence-electron chi connectivity index (χ4n) is 1.04. The molecule has 1 unspecified atom stereocenters. The highest BCUT2D eigenvalue weighted by Gasteiger charge is 2.12. The molecule has 2 nitrogen and oxygen atoms in total. The van der Waals surface area contributed by atoms with E-state index in [-0.39, 0.29) is 0 Å². The molecule has 76 valence electrons. The van der Waals surface area contributed by atoms with Crippen molar-refractivity contribution in [1.29, 1.82) is 0 Å². The van der Waals surface area contributed by atoms with E-state index in [9.17, 15) is 0 Å². The summed E-state index contributed by atoms with van der Waals surface area (Å²) in [5, 5.41) is 0. The van der Waals surface area contributed by atoms with E-state index in [2.05, 4.69) is 38.3 Å². The molecule has 13 heavy (non-hydrogen) atoms. The second-order valence-corrected chi connectivity index (χ2v) is 4.48. The molecule has 0 aromatic heterocycles. The molecule has 0 aromatic carbocycles. The monoisotopic (exact) mass is 201 g/mol. The molecule has 0 aliphatic carbocycles. The van der Waals surface area contributed by atoms with E-state index in [1.165, 1.54) is 0 Å². The molecule has 0 heterocycles. The van der Waals surface area contributed by atoms with Crippen LogP contribution in [0.1, 0.15) is 34.1 Å². The van der Waals surface area contributed by atoms with E-state index < -0.39 is 0 Å². The van der Waals surface area contributed by atoms with Crippen molar-refractivity contribution in [2.45, 2.75) is 46.2 Å². The number of nitrogens with zero attached hydrogens (tertiary/aromatic N) is 1. The van der Waals surface area contributed by atoms with Crippen molar-refractivity contribution in [2.24, 2.45) is 0 Å². The zero-order chi connectivity index (χ0) is 10.3. The topological polar surface area (TPSA) is 12.5 Å². The van der Waals surface area contributed by atoms with Crippen LogP contribution >= 0.6 is 8.96 Å². The van der Waals surface area contributed by atoms with E-state index in [1.807, 2.05) is 0 Å². The van der Waals surface area contributed by atoms with Crippen LogP contribution in [0.15, 0.2) is 0 Å². The molecule has 0 N–H and O–H groups in total. The summed E-state index contributed by atoms with van der Waals surface area (Å²) in [5.41, 5.74) is 0. The summed E-state index contributed by atoms with van der Waals surface area (Å²) in [6.45, 7) is 9.38. The third-order valence-electron chi connectivity index (χ3n) is 1.63. The largest absolute Gasteiger partial charge is 0.345 e. The maximum Gasteiger partial charge on any atom is 0.0894 e. The highest BCUT2D eigenvalue weighted by atomic mass is 31.1. The van der Waals surface area contributed by atoms with Gasteiger partial charge in [0.15, 0.2) is 0 Å². The van der Waals surface area contributed by atoms with Crippen LogP contribution in [-0.4, -0.2) is 23.4 Å². The molecule has 1 atom stereocenters. The maximum atomic E-state index is 5.47. The van der Waals surface area contributed by atoms with Crippen LogP contribution in [0.5, 0.6) is 0 Å². The van der Waals surface area contributed by atoms with Gasteiger partial charge in [0.05, 0.1) is 15.6 Å². The van der Waals surface area contributed by atoms with Gasteiger partial charge in [-0.05, 0) is 27.7 Å². The number of rotatable bonds is 6. The highest BCUT2D eigenvalue weighted by molar-refractivity contribution is 7.29. The Hall–Kier alpha value is -0.0900. The van der Waals surface area contributed by atoms with Crippen LogP contribution in [0.4, 0.5) is 0 Å². The minimum atomic E-state index is 0.432. The van der Waals surface area contributed by atoms with Crippen LogP contribution in [0.2, 0.25) is 0 Å². The molecule has 0 aliphatic heterocycles. The number of hydrogen-bond acceptors (Lipinski definition) is 2. The minimum absolute atomic E-state index is 0.432. The Morgan fingerprint density at radius 3 is 2.23 bits per heavy atom.